The van der Waals surface area contributed by atoms with E-state index in [0.29, 0.717) is 0 Å². The van der Waals surface area contributed by atoms with Crippen LogP contribution in [-0.4, -0.2) is 22.4 Å². The third-order valence-corrected chi connectivity index (χ3v) is 3.36. The summed E-state index contributed by atoms with van der Waals surface area (Å²) in [5.74, 6) is 0.214. The molecule has 2 heteroatoms. The van der Waals surface area contributed by atoms with Crippen LogP contribution < -0.4 is 0 Å². The zero-order valence-corrected chi connectivity index (χ0v) is 7.40. The highest BCUT2D eigenvalue weighted by atomic mass is 16.3. The fourth-order valence-electron chi connectivity index (χ4n) is 2.72. The topological polar surface area (TPSA) is 40.5 Å². The molecular formula is C10H16O2. The minimum Gasteiger partial charge on any atom is -0.390 e. The summed E-state index contributed by atoms with van der Waals surface area (Å²) in [6, 6.07) is 0. The number of rotatable bonds is 2. The highest BCUT2D eigenvalue weighted by Gasteiger charge is 2.52. The van der Waals surface area contributed by atoms with Gasteiger partial charge >= 0.3 is 0 Å². The van der Waals surface area contributed by atoms with Crippen molar-refractivity contribution in [3.05, 3.63) is 12.2 Å². The van der Waals surface area contributed by atoms with Gasteiger partial charge in [-0.15, -0.1) is 0 Å². The third kappa shape index (κ3) is 0.882. The van der Waals surface area contributed by atoms with Crippen LogP contribution in [0.15, 0.2) is 12.2 Å². The van der Waals surface area contributed by atoms with Crippen molar-refractivity contribution in [2.24, 2.45) is 11.3 Å². The van der Waals surface area contributed by atoms with Crippen molar-refractivity contribution >= 4 is 0 Å². The van der Waals surface area contributed by atoms with Gasteiger partial charge in [0.2, 0.25) is 0 Å². The van der Waals surface area contributed by atoms with Crippen molar-refractivity contribution in [3.63, 3.8) is 0 Å². The summed E-state index contributed by atoms with van der Waals surface area (Å²) in [4.78, 5) is 0. The first-order valence-electron chi connectivity index (χ1n) is 4.75. The van der Waals surface area contributed by atoms with Crippen LogP contribution in [0.2, 0.25) is 0 Å². The average molecular weight is 168 g/mol. The molecule has 2 N–H and O–H groups in total. The van der Waals surface area contributed by atoms with E-state index in [9.17, 15) is 10.2 Å². The second kappa shape index (κ2) is 2.57. The Bertz CT molecular complexity index is 212. The summed E-state index contributed by atoms with van der Waals surface area (Å²) in [5.41, 5.74) is -0.0845. The summed E-state index contributed by atoms with van der Waals surface area (Å²) in [5, 5.41) is 19.3. The van der Waals surface area contributed by atoms with Crippen LogP contribution in [0.3, 0.4) is 0 Å². The van der Waals surface area contributed by atoms with Gasteiger partial charge in [-0.3, -0.25) is 0 Å². The molecule has 0 aromatic carbocycles. The van der Waals surface area contributed by atoms with Crippen molar-refractivity contribution in [1.82, 2.24) is 0 Å². The number of hydrogen-bond acceptors (Lipinski definition) is 2. The van der Waals surface area contributed by atoms with Crippen LogP contribution in [0.5, 0.6) is 0 Å². The van der Waals surface area contributed by atoms with Crippen molar-refractivity contribution in [3.8, 4) is 0 Å². The zero-order chi connectivity index (χ0) is 8.77. The van der Waals surface area contributed by atoms with Crippen molar-refractivity contribution in [2.75, 3.05) is 0 Å². The first-order valence-corrected chi connectivity index (χ1v) is 4.75. The molecule has 0 radical (unpaired) electrons. The molecule has 0 aromatic heterocycles. The molecule has 2 aliphatic rings. The van der Waals surface area contributed by atoms with E-state index in [4.69, 9.17) is 0 Å². The van der Waals surface area contributed by atoms with E-state index >= 15 is 0 Å². The molecule has 1 fully saturated rings. The molecule has 12 heavy (non-hydrogen) atoms. The lowest BCUT2D eigenvalue weighted by Crippen LogP contribution is -2.36. The molecule has 4 atom stereocenters. The van der Waals surface area contributed by atoms with Crippen LogP contribution >= 0.6 is 0 Å². The second-order valence-corrected chi connectivity index (χ2v) is 4.15. The highest BCUT2D eigenvalue weighted by Crippen LogP contribution is 2.51. The molecule has 0 saturated heterocycles. The minimum absolute atomic E-state index is 0.0845. The van der Waals surface area contributed by atoms with Gasteiger partial charge < -0.3 is 10.2 Å². The Morgan fingerprint density at radius 2 is 2.25 bits per heavy atom. The van der Waals surface area contributed by atoms with E-state index < -0.39 is 12.2 Å². The fourth-order valence-corrected chi connectivity index (χ4v) is 2.72. The summed E-state index contributed by atoms with van der Waals surface area (Å²) >= 11 is 0. The SMILES string of the molecule is CCCC12C=CC(C1)C(O)C2O. The predicted molar refractivity (Wildman–Crippen MR) is 46.6 cm³/mol. The maximum Gasteiger partial charge on any atom is 0.0895 e. The second-order valence-electron chi connectivity index (χ2n) is 4.15. The fraction of sp³-hybridized carbons (Fsp3) is 0.800. The Balaban J connectivity index is 2.22. The Kier molecular flexibility index (Phi) is 1.77. The molecule has 1 saturated carbocycles. The maximum absolute atomic E-state index is 9.77. The van der Waals surface area contributed by atoms with Gasteiger partial charge in [0.15, 0.2) is 0 Å². The van der Waals surface area contributed by atoms with Crippen LogP contribution in [0.4, 0.5) is 0 Å². The maximum atomic E-state index is 9.77. The molecule has 2 nitrogen and oxygen atoms in total. The van der Waals surface area contributed by atoms with Crippen molar-refractivity contribution < 1.29 is 10.2 Å². The average Bonchev–Trinajstić information content (AvgIpc) is 2.55. The minimum atomic E-state index is -0.521. The first-order chi connectivity index (χ1) is 5.69. The quantitative estimate of drug-likeness (QED) is 0.606. The lowest BCUT2D eigenvalue weighted by atomic mass is 9.80. The van der Waals surface area contributed by atoms with Crippen LogP contribution in [0.25, 0.3) is 0 Å². The summed E-state index contributed by atoms with van der Waals surface area (Å²) < 4.78 is 0. The lowest BCUT2D eigenvalue weighted by Gasteiger charge is -2.30. The standard InChI is InChI=1S/C10H16O2/c1-2-4-10-5-3-7(6-10)8(11)9(10)12/h3,5,7-9,11-12H,2,4,6H2,1H3. The van der Waals surface area contributed by atoms with Crippen molar-refractivity contribution in [2.45, 2.75) is 38.4 Å². The Labute approximate surface area is 72.9 Å². The molecule has 68 valence electrons. The van der Waals surface area contributed by atoms with Gasteiger partial charge in [-0.2, -0.15) is 0 Å². The van der Waals surface area contributed by atoms with Gasteiger partial charge in [0.25, 0.3) is 0 Å². The molecule has 0 spiro atoms. The third-order valence-electron chi connectivity index (χ3n) is 3.36. The predicted octanol–water partition coefficient (Wildman–Crippen LogP) is 1.08. The monoisotopic (exact) mass is 168 g/mol. The van der Waals surface area contributed by atoms with Crippen LogP contribution in [-0.2, 0) is 0 Å². The van der Waals surface area contributed by atoms with Gasteiger partial charge in [0.05, 0.1) is 12.2 Å². The van der Waals surface area contributed by atoms with E-state index in [1.165, 1.54) is 0 Å². The number of aliphatic hydroxyl groups excluding tert-OH is 2. The van der Waals surface area contributed by atoms with Gasteiger partial charge in [-0.05, 0) is 12.8 Å². The molecule has 0 heterocycles. The lowest BCUT2D eigenvalue weighted by molar-refractivity contribution is -0.0177. The summed E-state index contributed by atoms with van der Waals surface area (Å²) in [6.45, 7) is 2.12. The first kappa shape index (κ1) is 8.27. The van der Waals surface area contributed by atoms with E-state index in [1.54, 1.807) is 0 Å². The van der Waals surface area contributed by atoms with Gasteiger partial charge in [0.1, 0.15) is 0 Å². The van der Waals surface area contributed by atoms with E-state index in [0.717, 1.165) is 19.3 Å². The largest absolute Gasteiger partial charge is 0.390 e. The summed E-state index contributed by atoms with van der Waals surface area (Å²) in [7, 11) is 0. The molecule has 2 rings (SSSR count). The Morgan fingerprint density at radius 3 is 2.75 bits per heavy atom. The molecule has 0 amide bonds. The van der Waals surface area contributed by atoms with E-state index in [2.05, 4.69) is 19.1 Å². The van der Waals surface area contributed by atoms with Crippen LogP contribution in [0, 0.1) is 11.3 Å². The smallest absolute Gasteiger partial charge is 0.0895 e. The molecule has 2 bridgehead atoms. The highest BCUT2D eigenvalue weighted by molar-refractivity contribution is 5.22. The van der Waals surface area contributed by atoms with Gasteiger partial charge in [0, 0.05) is 11.3 Å². The van der Waals surface area contributed by atoms with Gasteiger partial charge in [-0.1, -0.05) is 25.5 Å². The zero-order valence-electron chi connectivity index (χ0n) is 7.40. The van der Waals surface area contributed by atoms with Crippen LogP contribution in [0.1, 0.15) is 26.2 Å². The summed E-state index contributed by atoms with van der Waals surface area (Å²) in [6.07, 6.45) is 6.16. The molecular weight excluding hydrogens is 152 g/mol. The normalized spacial score (nSPS) is 50.4. The number of fused-ring (bicyclic) bond motifs is 2. The van der Waals surface area contributed by atoms with E-state index in [-0.39, 0.29) is 11.3 Å². The molecule has 0 aliphatic heterocycles. The Hall–Kier alpha value is -0.340. The number of aliphatic hydroxyl groups is 2. The molecule has 0 aromatic rings. The Morgan fingerprint density at radius 1 is 1.50 bits per heavy atom. The molecule has 2 aliphatic carbocycles. The molecule has 4 unspecified atom stereocenters. The number of hydrogen-bond donors (Lipinski definition) is 2. The van der Waals surface area contributed by atoms with Gasteiger partial charge in [-0.25, -0.2) is 0 Å². The van der Waals surface area contributed by atoms with E-state index in [1.807, 2.05) is 0 Å². The van der Waals surface area contributed by atoms with Crippen molar-refractivity contribution in [1.29, 1.82) is 0 Å².